The summed E-state index contributed by atoms with van der Waals surface area (Å²) in [5.74, 6) is -6.47. The molecule has 1 aromatic heterocycles. The lowest BCUT2D eigenvalue weighted by Gasteiger charge is -2.45. The summed E-state index contributed by atoms with van der Waals surface area (Å²) in [6.45, 7) is 13.4. The van der Waals surface area contributed by atoms with Crippen LogP contribution >= 0.6 is 0 Å². The fourth-order valence-electron chi connectivity index (χ4n) is 8.14. The Kier molecular flexibility index (Phi) is 13.7. The molecule has 13 heteroatoms. The summed E-state index contributed by atoms with van der Waals surface area (Å²) in [5.41, 5.74) is -5.20. The average Bonchev–Trinajstić information content (AvgIpc) is 3.65. The molecule has 2 fully saturated rings. The number of carbonyl (C=O) groups excluding carboxylic acids is 4. The van der Waals surface area contributed by atoms with Crippen molar-refractivity contribution in [1.82, 2.24) is 5.32 Å². The van der Waals surface area contributed by atoms with E-state index in [4.69, 9.17) is 18.6 Å². The molecule has 54 heavy (non-hydrogen) atoms. The predicted octanol–water partition coefficient (Wildman–Crippen LogP) is 4.74. The molecule has 0 aliphatic carbocycles. The number of benzene rings is 1. The summed E-state index contributed by atoms with van der Waals surface area (Å²) >= 11 is 0. The number of alkyl halides is 1. The van der Waals surface area contributed by atoms with E-state index in [0.29, 0.717) is 17.7 Å². The van der Waals surface area contributed by atoms with E-state index in [0.717, 1.165) is 12.5 Å². The average molecular weight is 760 g/mol. The molecular formula is C41H58FNO11. The van der Waals surface area contributed by atoms with Crippen LogP contribution in [0.15, 0.2) is 47.1 Å². The fourth-order valence-corrected chi connectivity index (χ4v) is 8.14. The Morgan fingerprint density at radius 2 is 1.65 bits per heavy atom. The number of rotatable bonds is 8. The van der Waals surface area contributed by atoms with E-state index in [1.807, 2.05) is 26.0 Å². The van der Waals surface area contributed by atoms with Crippen molar-refractivity contribution in [3.63, 3.8) is 0 Å². The Hall–Kier alpha value is -3.49. The van der Waals surface area contributed by atoms with Gasteiger partial charge in [-0.1, -0.05) is 65.8 Å². The number of furan rings is 1. The zero-order chi connectivity index (χ0) is 40.3. The first kappa shape index (κ1) is 43.2. The molecule has 4 N–H and O–H groups in total. The van der Waals surface area contributed by atoms with E-state index in [9.17, 15) is 34.5 Å². The van der Waals surface area contributed by atoms with E-state index in [1.165, 1.54) is 27.0 Å². The summed E-state index contributed by atoms with van der Waals surface area (Å²) in [5, 5.41) is 37.0. The third kappa shape index (κ3) is 9.47. The SMILES string of the molecule is CC1CC(C)C(O)C(O[C@@H]2[C@@H](C)C(=O)[C@](C)(F)C(=O)O[C@H](CCNC(=O)Cc3ccccc3-c3ccco3)[C@@](C)(O)[C@H](O)[C@@H](C)C(=O)[C@H](C)CC2(C)C)O1. The van der Waals surface area contributed by atoms with Gasteiger partial charge in [0.25, 0.3) is 5.67 Å². The van der Waals surface area contributed by atoms with E-state index >= 15 is 4.39 Å². The van der Waals surface area contributed by atoms with Crippen molar-refractivity contribution in [3.8, 4) is 11.3 Å². The standard InChI is InChI=1S/C41H58FNO11/c1-22-19-24(3)52-37(33(22)46)54-36-26(5)34(47)40(8,42)38(49)53-30(41(9,50)35(48)25(4)32(45)23(2)21-39(36,6)7)16-17-43-31(44)20-27-13-10-11-14-28(27)29-15-12-18-51-29/h10-15,18,22-26,30,33,35-37,46,48,50H,16-17,19-21H2,1-9H3,(H,43,44)/t22?,23-,24?,25+,26+,30-,33?,35-,36-,37?,40+,41-/m1/s1. The molecule has 4 rings (SSSR count). The van der Waals surface area contributed by atoms with Crippen LogP contribution in [0.4, 0.5) is 4.39 Å². The summed E-state index contributed by atoms with van der Waals surface area (Å²) < 4.78 is 40.0. The second-order valence-corrected chi connectivity index (χ2v) is 16.5. The largest absolute Gasteiger partial charge is 0.464 e. The Bertz CT molecular complexity index is 1620. The van der Waals surface area contributed by atoms with Gasteiger partial charge in [-0.2, -0.15) is 0 Å². The van der Waals surface area contributed by atoms with Crippen molar-refractivity contribution in [3.05, 3.63) is 48.2 Å². The maximum absolute atomic E-state index is 16.6. The molecule has 0 saturated carbocycles. The van der Waals surface area contributed by atoms with Gasteiger partial charge in [0.05, 0.1) is 31.0 Å². The zero-order valence-electron chi connectivity index (χ0n) is 32.8. The van der Waals surface area contributed by atoms with Gasteiger partial charge in [-0.3, -0.25) is 14.4 Å². The minimum atomic E-state index is -3.25. The van der Waals surface area contributed by atoms with Gasteiger partial charge in [-0.15, -0.1) is 0 Å². The number of amides is 1. The molecule has 1 aromatic carbocycles. The molecular weight excluding hydrogens is 701 g/mol. The van der Waals surface area contributed by atoms with Crippen LogP contribution in [-0.2, 0) is 39.8 Å². The van der Waals surface area contributed by atoms with Crippen molar-refractivity contribution in [2.75, 3.05) is 6.54 Å². The minimum absolute atomic E-state index is 0.0426. The first-order valence-corrected chi connectivity index (χ1v) is 18.8. The highest BCUT2D eigenvalue weighted by atomic mass is 19.1. The minimum Gasteiger partial charge on any atom is -0.464 e. The van der Waals surface area contributed by atoms with E-state index in [2.05, 4.69) is 5.32 Å². The number of carbonyl (C=O) groups is 4. The number of aliphatic hydroxyl groups is 3. The van der Waals surface area contributed by atoms with E-state index < -0.39 is 88.6 Å². The van der Waals surface area contributed by atoms with Crippen LogP contribution in [0.2, 0.25) is 0 Å². The van der Waals surface area contributed by atoms with Crippen molar-refractivity contribution >= 4 is 23.4 Å². The molecule has 2 aliphatic heterocycles. The van der Waals surface area contributed by atoms with Crippen LogP contribution in [0, 0.1) is 29.1 Å². The highest BCUT2D eigenvalue weighted by Crippen LogP contribution is 2.42. The van der Waals surface area contributed by atoms with Crippen LogP contribution in [0.3, 0.4) is 0 Å². The molecule has 300 valence electrons. The van der Waals surface area contributed by atoms with E-state index in [-0.39, 0.29) is 37.8 Å². The number of Topliss-reactive ketones (excluding diaryl/α,β-unsaturated/α-hetero) is 2. The topological polar surface area (TPSA) is 182 Å². The monoisotopic (exact) mass is 759 g/mol. The highest BCUT2D eigenvalue weighted by molar-refractivity contribution is 6.07. The zero-order valence-corrected chi connectivity index (χ0v) is 32.8. The van der Waals surface area contributed by atoms with Crippen molar-refractivity contribution < 1.29 is 57.5 Å². The number of hydrogen-bond donors (Lipinski definition) is 4. The van der Waals surface area contributed by atoms with Gasteiger partial charge in [0.15, 0.2) is 12.1 Å². The second-order valence-electron chi connectivity index (χ2n) is 16.5. The summed E-state index contributed by atoms with van der Waals surface area (Å²) in [7, 11) is 0. The molecule has 0 spiro atoms. The first-order valence-electron chi connectivity index (χ1n) is 18.8. The first-order chi connectivity index (χ1) is 25.1. The van der Waals surface area contributed by atoms with Crippen LogP contribution in [-0.4, -0.2) is 93.4 Å². The van der Waals surface area contributed by atoms with Crippen LogP contribution < -0.4 is 5.32 Å². The smallest absolute Gasteiger partial charge is 0.351 e. The number of aliphatic hydroxyl groups excluding tert-OH is 2. The molecule has 0 bridgehead atoms. The van der Waals surface area contributed by atoms with Crippen molar-refractivity contribution in [1.29, 1.82) is 0 Å². The molecule has 2 saturated heterocycles. The predicted molar refractivity (Wildman–Crippen MR) is 196 cm³/mol. The van der Waals surface area contributed by atoms with Gasteiger partial charge in [0.1, 0.15) is 29.4 Å². The van der Waals surface area contributed by atoms with Crippen molar-refractivity contribution in [2.24, 2.45) is 29.1 Å². The van der Waals surface area contributed by atoms with Gasteiger partial charge < -0.3 is 39.3 Å². The molecule has 3 heterocycles. The Morgan fingerprint density at radius 3 is 2.30 bits per heavy atom. The molecule has 0 radical (unpaired) electrons. The van der Waals surface area contributed by atoms with E-state index in [1.54, 1.807) is 45.0 Å². The number of nitrogens with one attached hydrogen (secondary N) is 1. The Labute approximate surface area is 317 Å². The molecule has 2 aromatic rings. The lowest BCUT2D eigenvalue weighted by atomic mass is 9.69. The summed E-state index contributed by atoms with van der Waals surface area (Å²) in [6.07, 6.45) is -5.26. The van der Waals surface area contributed by atoms with Gasteiger partial charge in [-0.05, 0) is 62.6 Å². The highest BCUT2D eigenvalue weighted by Gasteiger charge is 2.55. The summed E-state index contributed by atoms with van der Waals surface area (Å²) in [4.78, 5) is 54.6. The lowest BCUT2D eigenvalue weighted by molar-refractivity contribution is -0.284. The van der Waals surface area contributed by atoms with Gasteiger partial charge in [0.2, 0.25) is 5.91 Å². The third-order valence-electron chi connectivity index (χ3n) is 11.3. The molecule has 12 nitrogen and oxygen atoms in total. The van der Waals surface area contributed by atoms with Gasteiger partial charge in [0, 0.05) is 36.3 Å². The number of esters is 1. The maximum Gasteiger partial charge on any atom is 0.351 e. The number of hydrogen-bond acceptors (Lipinski definition) is 11. The quantitative estimate of drug-likeness (QED) is 0.216. The molecule has 2 aliphatic rings. The fraction of sp³-hybridized carbons (Fsp3) is 0.659. The summed E-state index contributed by atoms with van der Waals surface area (Å²) in [6, 6.07) is 10.7. The molecule has 4 unspecified atom stereocenters. The third-order valence-corrected chi connectivity index (χ3v) is 11.3. The number of halogens is 1. The molecule has 12 atom stereocenters. The Balaban J connectivity index is 1.61. The Morgan fingerprint density at radius 1 is 0.981 bits per heavy atom. The van der Waals surface area contributed by atoms with Gasteiger partial charge in [-0.25, -0.2) is 9.18 Å². The lowest BCUT2D eigenvalue weighted by Crippen LogP contribution is -2.59. The molecule has 1 amide bonds. The van der Waals surface area contributed by atoms with Crippen LogP contribution in [0.1, 0.15) is 87.1 Å². The van der Waals surface area contributed by atoms with Crippen LogP contribution in [0.5, 0.6) is 0 Å². The number of ketones is 2. The second kappa shape index (κ2) is 17.1. The maximum atomic E-state index is 16.6. The normalized spacial score (nSPS) is 36.9. The van der Waals surface area contributed by atoms with Crippen LogP contribution in [0.25, 0.3) is 11.3 Å². The number of cyclic esters (lactones) is 1. The van der Waals surface area contributed by atoms with Crippen molar-refractivity contribution in [2.45, 2.75) is 136 Å². The number of ether oxygens (including phenoxy) is 3. The van der Waals surface area contributed by atoms with Gasteiger partial charge >= 0.3 is 5.97 Å².